The fourth-order valence-electron chi connectivity index (χ4n) is 4.39. The van der Waals surface area contributed by atoms with E-state index in [1.54, 1.807) is 11.3 Å². The fourth-order valence-corrected chi connectivity index (χ4v) is 6.05. The second kappa shape index (κ2) is 7.25. The Hall–Kier alpha value is -3.09. The van der Waals surface area contributed by atoms with E-state index in [9.17, 15) is 0 Å². The van der Waals surface area contributed by atoms with Crippen LogP contribution < -0.4 is 4.74 Å². The zero-order valence-electron chi connectivity index (χ0n) is 17.2. The monoisotopic (exact) mass is 441 g/mol. The van der Waals surface area contributed by atoms with Crippen LogP contribution in [0.5, 0.6) is 10.9 Å². The molecule has 0 atom stereocenters. The smallest absolute Gasteiger partial charge is 0.279 e. The molecule has 6 rings (SSSR count). The van der Waals surface area contributed by atoms with E-state index in [4.69, 9.17) is 9.72 Å². The highest BCUT2D eigenvalue weighted by Gasteiger charge is 2.21. The molecule has 0 N–H and O–H groups in total. The van der Waals surface area contributed by atoms with Gasteiger partial charge < -0.3 is 4.74 Å². The molecule has 4 aromatic carbocycles. The number of hydrogen-bond acceptors (Lipinski definition) is 6. The van der Waals surface area contributed by atoms with Crippen LogP contribution in [0.1, 0.15) is 25.0 Å². The summed E-state index contributed by atoms with van der Waals surface area (Å²) in [4.78, 5) is 4.96. The average molecular weight is 442 g/mol. The van der Waals surface area contributed by atoms with E-state index in [-0.39, 0.29) is 0 Å². The Labute approximate surface area is 187 Å². The van der Waals surface area contributed by atoms with E-state index >= 15 is 0 Å². The van der Waals surface area contributed by atoms with E-state index < -0.39 is 0 Å². The van der Waals surface area contributed by atoms with Crippen LogP contribution in [-0.4, -0.2) is 13.7 Å². The third kappa shape index (κ3) is 2.82. The van der Waals surface area contributed by atoms with Crippen molar-refractivity contribution in [1.29, 1.82) is 0 Å². The Morgan fingerprint density at radius 1 is 0.774 bits per heavy atom. The second-order valence-corrected chi connectivity index (χ2v) is 9.02. The summed E-state index contributed by atoms with van der Waals surface area (Å²) in [5.74, 6) is 0.862. The summed E-state index contributed by atoms with van der Waals surface area (Å²) in [6, 6.07) is 18.9. The van der Waals surface area contributed by atoms with Crippen LogP contribution in [0.25, 0.3) is 42.8 Å². The second-order valence-electron chi connectivity index (χ2n) is 7.53. The third-order valence-corrected chi connectivity index (χ3v) is 7.37. The van der Waals surface area contributed by atoms with Gasteiger partial charge in [-0.25, -0.2) is 4.98 Å². The first kappa shape index (κ1) is 18.7. The van der Waals surface area contributed by atoms with Crippen molar-refractivity contribution in [1.82, 2.24) is 13.7 Å². The van der Waals surface area contributed by atoms with Gasteiger partial charge in [-0.3, -0.25) is 0 Å². The highest BCUT2D eigenvalue weighted by Crippen LogP contribution is 2.43. The molecule has 0 aliphatic rings. The Kier molecular flexibility index (Phi) is 4.37. The summed E-state index contributed by atoms with van der Waals surface area (Å²) in [7, 11) is 0. The van der Waals surface area contributed by atoms with E-state index in [0.29, 0.717) is 5.19 Å². The molecule has 152 valence electrons. The molecule has 4 nitrogen and oxygen atoms in total. The minimum absolute atomic E-state index is 0.664. The molecule has 6 aromatic rings. The lowest BCUT2D eigenvalue weighted by atomic mass is 10.0. The largest absolute Gasteiger partial charge is 0.430 e. The highest BCUT2D eigenvalue weighted by atomic mass is 32.1. The standard InChI is InChI=1S/C25H19N3OS2/c1-3-16-20-21(28-31-27-20)17(4-2)24-22(16)26-25(30-24)29-23-18-11-7-5-9-14(18)13-15-10-6-8-12-19(15)23/h5-13H,3-4H2,1-2H3. The zero-order chi connectivity index (χ0) is 20.9. The maximum absolute atomic E-state index is 6.56. The number of rotatable bonds is 4. The fraction of sp³-hybridized carbons (Fsp3) is 0.160. The van der Waals surface area contributed by atoms with Crippen LogP contribution in [0.3, 0.4) is 0 Å². The molecule has 0 aliphatic heterocycles. The molecule has 0 bridgehead atoms. The minimum Gasteiger partial charge on any atom is -0.430 e. The van der Waals surface area contributed by atoms with Crippen LogP contribution >= 0.6 is 23.1 Å². The van der Waals surface area contributed by atoms with Crippen molar-refractivity contribution in [3.05, 3.63) is 65.7 Å². The van der Waals surface area contributed by atoms with E-state index in [0.717, 1.165) is 62.2 Å². The van der Waals surface area contributed by atoms with Crippen molar-refractivity contribution < 1.29 is 4.74 Å². The highest BCUT2D eigenvalue weighted by molar-refractivity contribution is 7.20. The molecule has 2 heterocycles. The van der Waals surface area contributed by atoms with Crippen molar-refractivity contribution in [3.8, 4) is 10.9 Å². The van der Waals surface area contributed by atoms with E-state index in [2.05, 4.69) is 77.2 Å². The van der Waals surface area contributed by atoms with Gasteiger partial charge in [0.25, 0.3) is 5.19 Å². The minimum atomic E-state index is 0.664. The van der Waals surface area contributed by atoms with Gasteiger partial charge in [-0.1, -0.05) is 73.7 Å². The molecular weight excluding hydrogens is 422 g/mol. The number of nitrogens with zero attached hydrogens (tertiary/aromatic N) is 3. The maximum Gasteiger partial charge on any atom is 0.279 e. The van der Waals surface area contributed by atoms with Gasteiger partial charge in [0, 0.05) is 21.9 Å². The predicted octanol–water partition coefficient (Wildman–Crippen LogP) is 7.52. The summed E-state index contributed by atoms with van der Waals surface area (Å²) in [6.45, 7) is 4.31. The van der Waals surface area contributed by atoms with Gasteiger partial charge in [-0.15, -0.1) is 0 Å². The molecule has 0 saturated heterocycles. The molecule has 31 heavy (non-hydrogen) atoms. The lowest BCUT2D eigenvalue weighted by molar-refractivity contribution is 0.491. The first-order valence-corrected chi connectivity index (χ1v) is 12.0. The molecule has 0 unspecified atom stereocenters. The number of hydrogen-bond donors (Lipinski definition) is 0. The Bertz CT molecular complexity index is 1490. The Balaban J connectivity index is 1.61. The molecule has 0 fully saturated rings. The van der Waals surface area contributed by atoms with Gasteiger partial charge >= 0.3 is 0 Å². The molecule has 0 spiro atoms. The molecule has 0 saturated carbocycles. The van der Waals surface area contributed by atoms with Crippen LogP contribution in [-0.2, 0) is 12.8 Å². The van der Waals surface area contributed by atoms with Crippen LogP contribution in [0.2, 0.25) is 0 Å². The van der Waals surface area contributed by atoms with E-state index in [1.807, 2.05) is 0 Å². The SMILES string of the molecule is CCc1c2nsnc2c(CC)c2sc(Oc3c4ccccc4cc4ccccc34)nc12. The molecule has 2 aromatic heterocycles. The maximum atomic E-state index is 6.56. The van der Waals surface area contributed by atoms with E-state index in [1.165, 1.54) is 22.0 Å². The first-order chi connectivity index (χ1) is 15.3. The lowest BCUT2D eigenvalue weighted by Crippen LogP contribution is -1.92. The summed E-state index contributed by atoms with van der Waals surface area (Å²) in [6.07, 6.45) is 1.75. The number of ether oxygens (including phenoxy) is 1. The van der Waals surface area contributed by atoms with Crippen molar-refractivity contribution >= 4 is 65.9 Å². The summed E-state index contributed by atoms with van der Waals surface area (Å²) in [5.41, 5.74) is 5.38. The topological polar surface area (TPSA) is 47.9 Å². The van der Waals surface area contributed by atoms with Crippen molar-refractivity contribution in [2.75, 3.05) is 0 Å². The van der Waals surface area contributed by atoms with Gasteiger partial charge in [-0.05, 0) is 29.7 Å². The van der Waals surface area contributed by atoms with Gasteiger partial charge in [0.15, 0.2) is 0 Å². The predicted molar refractivity (Wildman–Crippen MR) is 131 cm³/mol. The van der Waals surface area contributed by atoms with Gasteiger partial charge in [-0.2, -0.15) is 8.75 Å². The average Bonchev–Trinajstić information content (AvgIpc) is 3.44. The van der Waals surface area contributed by atoms with Crippen molar-refractivity contribution in [2.24, 2.45) is 0 Å². The number of benzene rings is 4. The van der Waals surface area contributed by atoms with Crippen LogP contribution in [0.15, 0.2) is 54.6 Å². The molecule has 6 heteroatoms. The van der Waals surface area contributed by atoms with Gasteiger partial charge in [0.05, 0.1) is 21.9 Å². The third-order valence-electron chi connectivity index (χ3n) is 5.85. The number of aromatic nitrogens is 3. The van der Waals surface area contributed by atoms with Crippen LogP contribution in [0, 0.1) is 0 Å². The summed E-state index contributed by atoms with van der Waals surface area (Å²) >= 11 is 2.89. The number of fused-ring (bicyclic) bond motifs is 4. The van der Waals surface area contributed by atoms with Crippen molar-refractivity contribution in [2.45, 2.75) is 26.7 Å². The normalized spacial score (nSPS) is 11.8. The number of thiazole rings is 1. The van der Waals surface area contributed by atoms with Gasteiger partial charge in [0.2, 0.25) is 0 Å². The van der Waals surface area contributed by atoms with Crippen molar-refractivity contribution in [3.63, 3.8) is 0 Å². The summed E-state index contributed by atoms with van der Waals surface area (Å²) < 4.78 is 16.9. The van der Waals surface area contributed by atoms with Gasteiger partial charge in [0.1, 0.15) is 16.8 Å². The zero-order valence-corrected chi connectivity index (χ0v) is 18.8. The lowest BCUT2D eigenvalue weighted by Gasteiger charge is -2.10. The van der Waals surface area contributed by atoms with Crippen LogP contribution in [0.4, 0.5) is 0 Å². The molecule has 0 aliphatic carbocycles. The number of aryl methyl sites for hydroxylation is 2. The first-order valence-electron chi connectivity index (χ1n) is 10.4. The summed E-state index contributed by atoms with van der Waals surface area (Å²) in [5, 5.41) is 5.17. The molecule has 0 radical (unpaired) electrons. The molecule has 0 amide bonds. The molecular formula is C25H19N3OS2. The quantitative estimate of drug-likeness (QED) is 0.265. The Morgan fingerprint density at radius 3 is 2.03 bits per heavy atom. The Morgan fingerprint density at radius 2 is 1.39 bits per heavy atom.